The van der Waals surface area contributed by atoms with Crippen molar-refractivity contribution in [2.24, 2.45) is 5.92 Å². The van der Waals surface area contributed by atoms with Crippen LogP contribution in [0.1, 0.15) is 40.8 Å². The molecule has 8 nitrogen and oxygen atoms in total. The first kappa shape index (κ1) is 14.5. The zero-order valence-corrected chi connectivity index (χ0v) is 13.1. The van der Waals surface area contributed by atoms with Gasteiger partial charge in [0.05, 0.1) is 24.5 Å². The fourth-order valence-electron chi connectivity index (χ4n) is 2.90. The number of fused-ring (bicyclic) bond motifs is 1. The summed E-state index contributed by atoms with van der Waals surface area (Å²) < 4.78 is 1.85. The van der Waals surface area contributed by atoms with E-state index in [-0.39, 0.29) is 22.4 Å². The highest BCUT2D eigenvalue weighted by molar-refractivity contribution is 6.35. The van der Waals surface area contributed by atoms with E-state index in [0.29, 0.717) is 31.2 Å². The van der Waals surface area contributed by atoms with Gasteiger partial charge in [0.1, 0.15) is 16.8 Å². The van der Waals surface area contributed by atoms with E-state index < -0.39 is 6.10 Å². The maximum Gasteiger partial charge on any atom is 0.273 e. The third-order valence-corrected chi connectivity index (χ3v) is 4.80. The molecule has 0 unspecified atom stereocenters. The summed E-state index contributed by atoms with van der Waals surface area (Å²) in [6.45, 7) is 1.51. The predicted octanol–water partition coefficient (Wildman–Crippen LogP) is 0.941. The van der Waals surface area contributed by atoms with Crippen molar-refractivity contribution >= 4 is 23.3 Å². The van der Waals surface area contributed by atoms with Crippen LogP contribution in [0.15, 0.2) is 6.07 Å². The molecule has 2 aromatic rings. The van der Waals surface area contributed by atoms with Gasteiger partial charge in [0.2, 0.25) is 0 Å². The number of nitrogen functional groups attached to an aromatic ring is 1. The van der Waals surface area contributed by atoms with Crippen molar-refractivity contribution in [1.29, 1.82) is 0 Å². The molecule has 1 atom stereocenters. The predicted molar refractivity (Wildman–Crippen MR) is 82.7 cm³/mol. The Morgan fingerprint density at radius 1 is 1.48 bits per heavy atom. The fraction of sp³-hybridized carbons (Fsp3) is 0.500. The molecule has 1 amide bonds. The molecule has 0 saturated heterocycles. The summed E-state index contributed by atoms with van der Waals surface area (Å²) in [6.07, 6.45) is 1.60. The van der Waals surface area contributed by atoms with Crippen molar-refractivity contribution in [2.45, 2.75) is 32.0 Å². The smallest absolute Gasteiger partial charge is 0.273 e. The van der Waals surface area contributed by atoms with Crippen molar-refractivity contribution < 1.29 is 9.90 Å². The largest absolute Gasteiger partial charge is 0.386 e. The lowest BCUT2D eigenvalue weighted by molar-refractivity contribution is 0.0699. The number of hydrogen-bond donors (Lipinski definition) is 3. The lowest BCUT2D eigenvalue weighted by Gasteiger charge is -2.27. The van der Waals surface area contributed by atoms with Gasteiger partial charge < -0.3 is 15.7 Å². The Hall–Kier alpha value is -2.06. The molecule has 0 radical (unpaired) electrons. The van der Waals surface area contributed by atoms with Crippen LogP contribution < -0.4 is 5.73 Å². The van der Waals surface area contributed by atoms with Crippen LogP contribution in [0.2, 0.25) is 5.02 Å². The number of aliphatic hydroxyl groups excluding tert-OH is 1. The Morgan fingerprint density at radius 2 is 2.26 bits per heavy atom. The minimum atomic E-state index is -0.501. The molecular weight excluding hydrogens is 320 g/mol. The number of rotatable bonds is 3. The van der Waals surface area contributed by atoms with E-state index >= 15 is 0 Å². The van der Waals surface area contributed by atoms with Crippen LogP contribution in [0, 0.1) is 5.92 Å². The second-order valence-electron chi connectivity index (χ2n) is 6.09. The molecule has 23 heavy (non-hydrogen) atoms. The van der Waals surface area contributed by atoms with E-state index in [1.165, 1.54) is 0 Å². The number of nitrogens with one attached hydrogen (secondary N) is 1. The number of carbonyl (C=O) groups is 1. The summed E-state index contributed by atoms with van der Waals surface area (Å²) in [7, 11) is 0. The average molecular weight is 337 g/mol. The van der Waals surface area contributed by atoms with Gasteiger partial charge in [-0.2, -0.15) is 10.2 Å². The molecular formula is C14H17ClN6O2. The molecule has 0 aromatic carbocycles. The number of carbonyl (C=O) groups excluding carboxylic acids is 1. The van der Waals surface area contributed by atoms with E-state index in [2.05, 4.69) is 15.3 Å². The van der Waals surface area contributed by atoms with Crippen LogP contribution in [0.25, 0.3) is 0 Å². The highest BCUT2D eigenvalue weighted by Crippen LogP contribution is 2.40. The van der Waals surface area contributed by atoms with Crippen LogP contribution in [-0.4, -0.2) is 42.4 Å². The number of H-pyrrole nitrogens is 1. The molecule has 2 aromatic heterocycles. The Bertz CT molecular complexity index is 765. The molecule has 4 N–H and O–H groups in total. The van der Waals surface area contributed by atoms with Crippen LogP contribution in [0.3, 0.4) is 0 Å². The molecule has 4 rings (SSSR count). The number of aliphatic hydroxyl groups is 1. The van der Waals surface area contributed by atoms with Gasteiger partial charge in [-0.1, -0.05) is 11.6 Å². The minimum Gasteiger partial charge on any atom is -0.386 e. The van der Waals surface area contributed by atoms with Crippen molar-refractivity contribution in [3.05, 3.63) is 28.2 Å². The molecule has 3 heterocycles. The molecule has 122 valence electrons. The summed E-state index contributed by atoms with van der Waals surface area (Å²) in [4.78, 5) is 14.2. The number of aromatic amines is 1. The van der Waals surface area contributed by atoms with Crippen LogP contribution >= 0.6 is 11.6 Å². The molecule has 1 aliphatic carbocycles. The summed E-state index contributed by atoms with van der Waals surface area (Å²) >= 11 is 5.99. The van der Waals surface area contributed by atoms with Gasteiger partial charge in [0.15, 0.2) is 5.82 Å². The Kier molecular flexibility index (Phi) is 3.31. The van der Waals surface area contributed by atoms with Crippen molar-refractivity contribution in [2.75, 3.05) is 12.3 Å². The summed E-state index contributed by atoms with van der Waals surface area (Å²) in [6, 6.07) is 1.88. The zero-order valence-electron chi connectivity index (χ0n) is 12.4. The van der Waals surface area contributed by atoms with Gasteiger partial charge in [-0.05, 0) is 24.8 Å². The minimum absolute atomic E-state index is 0.118. The van der Waals surface area contributed by atoms with Gasteiger partial charge in [-0.15, -0.1) is 0 Å². The van der Waals surface area contributed by atoms with E-state index in [1.54, 1.807) is 4.90 Å². The van der Waals surface area contributed by atoms with E-state index in [0.717, 1.165) is 18.5 Å². The van der Waals surface area contributed by atoms with Gasteiger partial charge in [-0.3, -0.25) is 14.6 Å². The highest BCUT2D eigenvalue weighted by Gasteiger charge is 2.34. The number of hydrogen-bond acceptors (Lipinski definition) is 5. The standard InChI is InChI=1S/C14H17ClN6O2/c15-10-11(17-18-13(10)16)14(23)20-3-4-21-8(6-20)5-9(19-21)12(22)7-1-2-7/h5,7,12,22H,1-4,6H2,(H3,16,17,18)/t12-/m0/s1. The summed E-state index contributed by atoms with van der Waals surface area (Å²) in [5.74, 6) is 0.208. The highest BCUT2D eigenvalue weighted by atomic mass is 35.5. The number of amides is 1. The lowest BCUT2D eigenvalue weighted by Crippen LogP contribution is -2.38. The van der Waals surface area contributed by atoms with E-state index in [1.807, 2.05) is 10.7 Å². The first-order valence-corrected chi connectivity index (χ1v) is 7.95. The molecule has 2 aliphatic rings. The number of aromatic nitrogens is 4. The maximum atomic E-state index is 12.5. The van der Waals surface area contributed by atoms with E-state index in [9.17, 15) is 9.90 Å². The normalized spacial score (nSPS) is 18.8. The molecule has 9 heteroatoms. The average Bonchev–Trinajstić information content (AvgIpc) is 3.23. The van der Waals surface area contributed by atoms with Crippen LogP contribution in [-0.2, 0) is 13.1 Å². The monoisotopic (exact) mass is 336 g/mol. The van der Waals surface area contributed by atoms with Crippen molar-refractivity contribution in [3.63, 3.8) is 0 Å². The quantitative estimate of drug-likeness (QED) is 0.772. The molecule has 1 fully saturated rings. The first-order valence-electron chi connectivity index (χ1n) is 7.58. The van der Waals surface area contributed by atoms with Crippen molar-refractivity contribution in [3.8, 4) is 0 Å². The molecule has 0 spiro atoms. The Labute approximate surface area is 137 Å². The summed E-state index contributed by atoms with van der Waals surface area (Å²) in [5.41, 5.74) is 7.37. The lowest BCUT2D eigenvalue weighted by atomic mass is 10.1. The van der Waals surface area contributed by atoms with Gasteiger partial charge in [0, 0.05) is 6.54 Å². The molecule has 0 bridgehead atoms. The topological polar surface area (TPSA) is 113 Å². The number of halogens is 1. The second-order valence-corrected chi connectivity index (χ2v) is 6.47. The summed E-state index contributed by atoms with van der Waals surface area (Å²) in [5, 5.41) is 21.1. The second kappa shape index (κ2) is 5.24. The fourth-order valence-corrected chi connectivity index (χ4v) is 3.07. The third-order valence-electron chi connectivity index (χ3n) is 4.42. The van der Waals surface area contributed by atoms with Gasteiger partial charge >= 0.3 is 0 Å². The molecule has 1 aliphatic heterocycles. The Morgan fingerprint density at radius 3 is 2.91 bits per heavy atom. The first-order chi connectivity index (χ1) is 11.0. The van der Waals surface area contributed by atoms with E-state index in [4.69, 9.17) is 17.3 Å². The van der Waals surface area contributed by atoms with Crippen molar-refractivity contribution in [1.82, 2.24) is 24.9 Å². The van der Waals surface area contributed by atoms with Crippen LogP contribution in [0.5, 0.6) is 0 Å². The number of nitrogens with two attached hydrogens (primary N) is 1. The zero-order chi connectivity index (χ0) is 16.1. The SMILES string of the molecule is Nc1n[nH]c(C(=O)N2CCn3nc([C@@H](O)C4CC4)cc3C2)c1Cl. The van der Waals surface area contributed by atoms with Crippen LogP contribution in [0.4, 0.5) is 5.82 Å². The third kappa shape index (κ3) is 2.47. The van der Waals surface area contributed by atoms with Gasteiger partial charge in [0.25, 0.3) is 5.91 Å². The number of nitrogens with zero attached hydrogens (tertiary/aromatic N) is 4. The van der Waals surface area contributed by atoms with Gasteiger partial charge in [-0.25, -0.2) is 0 Å². The molecule has 1 saturated carbocycles. The maximum absolute atomic E-state index is 12.5. The number of anilines is 1. The Balaban J connectivity index is 1.54.